The number of hydrogen-bond acceptors (Lipinski definition) is 1. The van der Waals surface area contributed by atoms with Crippen molar-refractivity contribution >= 4 is 16.5 Å². The van der Waals surface area contributed by atoms with Crippen molar-refractivity contribution in [3.05, 3.63) is 77.0 Å². The molecule has 3 aromatic rings. The van der Waals surface area contributed by atoms with Crippen molar-refractivity contribution in [2.45, 2.75) is 26.8 Å². The van der Waals surface area contributed by atoms with Crippen LogP contribution >= 0.6 is 0 Å². The number of nitrogens with one attached hydrogen (secondary N) is 1. The summed E-state index contributed by atoms with van der Waals surface area (Å²) >= 11 is 0. The second-order valence-corrected chi connectivity index (χ2v) is 6.67. The zero-order chi connectivity index (χ0) is 16.5. The summed E-state index contributed by atoms with van der Waals surface area (Å²) in [5, 5.41) is 4.81. The highest BCUT2D eigenvalue weighted by molar-refractivity contribution is 5.95. The van der Waals surface area contributed by atoms with Crippen LogP contribution in [0.5, 0.6) is 0 Å². The quantitative estimate of drug-likeness (QED) is 0.742. The Morgan fingerprint density at radius 3 is 2.58 bits per heavy atom. The Balaban J connectivity index is 1.88. The number of hydrogen-bond donors (Lipinski definition) is 1. The van der Waals surface area contributed by atoms with Crippen molar-refractivity contribution < 1.29 is 0 Å². The number of rotatable bonds is 3. The standard InChI is InChI=1S/C22H24N2/c1-16-7-3-4-8-19(16)15-24-17(2)22(18-11-13-23-14-12-18)20-9-5-6-10-21(20)24/h3-11,23H,12-15H2,1-2H3. The molecule has 0 saturated heterocycles. The van der Waals surface area contributed by atoms with E-state index in [1.165, 1.54) is 38.9 Å². The molecule has 0 atom stereocenters. The lowest BCUT2D eigenvalue weighted by Gasteiger charge is -2.15. The van der Waals surface area contributed by atoms with Gasteiger partial charge in [-0.3, -0.25) is 0 Å². The first-order chi connectivity index (χ1) is 11.8. The van der Waals surface area contributed by atoms with Gasteiger partial charge in [-0.15, -0.1) is 0 Å². The lowest BCUT2D eigenvalue weighted by molar-refractivity contribution is 0.736. The lowest BCUT2D eigenvalue weighted by atomic mass is 9.97. The molecule has 2 heteroatoms. The molecule has 1 aliphatic heterocycles. The molecule has 24 heavy (non-hydrogen) atoms. The van der Waals surface area contributed by atoms with Gasteiger partial charge in [0, 0.05) is 35.2 Å². The highest BCUT2D eigenvalue weighted by atomic mass is 15.0. The molecule has 1 N–H and O–H groups in total. The number of aryl methyl sites for hydroxylation is 1. The molecule has 2 nitrogen and oxygen atoms in total. The van der Waals surface area contributed by atoms with E-state index in [9.17, 15) is 0 Å². The zero-order valence-corrected chi connectivity index (χ0v) is 14.5. The van der Waals surface area contributed by atoms with Crippen LogP contribution in [0.25, 0.3) is 16.5 Å². The van der Waals surface area contributed by atoms with E-state index in [-0.39, 0.29) is 0 Å². The van der Waals surface area contributed by atoms with Gasteiger partial charge in [-0.05, 0) is 49.6 Å². The number of fused-ring (bicyclic) bond motifs is 1. The van der Waals surface area contributed by atoms with Crippen LogP contribution in [0.15, 0.2) is 54.6 Å². The van der Waals surface area contributed by atoms with Gasteiger partial charge in [0.25, 0.3) is 0 Å². The van der Waals surface area contributed by atoms with Gasteiger partial charge in [0.05, 0.1) is 0 Å². The van der Waals surface area contributed by atoms with Crippen LogP contribution in [0.4, 0.5) is 0 Å². The molecular weight excluding hydrogens is 292 g/mol. The molecule has 122 valence electrons. The van der Waals surface area contributed by atoms with Crippen molar-refractivity contribution in [3.63, 3.8) is 0 Å². The van der Waals surface area contributed by atoms with E-state index >= 15 is 0 Å². The van der Waals surface area contributed by atoms with Crippen LogP contribution < -0.4 is 5.32 Å². The van der Waals surface area contributed by atoms with Crippen molar-refractivity contribution in [1.29, 1.82) is 0 Å². The molecule has 2 heterocycles. The second kappa shape index (κ2) is 6.29. The largest absolute Gasteiger partial charge is 0.340 e. The van der Waals surface area contributed by atoms with Crippen molar-refractivity contribution in [1.82, 2.24) is 9.88 Å². The van der Waals surface area contributed by atoms with Crippen LogP contribution in [0.3, 0.4) is 0 Å². The Hall–Kier alpha value is -2.32. The van der Waals surface area contributed by atoms with E-state index in [0.717, 1.165) is 26.1 Å². The molecule has 0 saturated carbocycles. The molecule has 2 aromatic carbocycles. The van der Waals surface area contributed by atoms with E-state index in [1.807, 2.05) is 0 Å². The van der Waals surface area contributed by atoms with Crippen molar-refractivity contribution in [2.24, 2.45) is 0 Å². The van der Waals surface area contributed by atoms with Gasteiger partial charge in [0.1, 0.15) is 0 Å². The summed E-state index contributed by atoms with van der Waals surface area (Å²) in [6, 6.07) is 17.5. The minimum Gasteiger partial charge on any atom is -0.340 e. The van der Waals surface area contributed by atoms with Gasteiger partial charge < -0.3 is 9.88 Å². The van der Waals surface area contributed by atoms with E-state index < -0.39 is 0 Å². The van der Waals surface area contributed by atoms with Crippen molar-refractivity contribution in [2.75, 3.05) is 13.1 Å². The molecule has 4 rings (SSSR count). The lowest BCUT2D eigenvalue weighted by Crippen LogP contribution is -2.20. The Morgan fingerprint density at radius 2 is 1.79 bits per heavy atom. The molecule has 0 radical (unpaired) electrons. The van der Waals surface area contributed by atoms with E-state index in [4.69, 9.17) is 0 Å². The van der Waals surface area contributed by atoms with Gasteiger partial charge >= 0.3 is 0 Å². The van der Waals surface area contributed by atoms with E-state index in [1.54, 1.807) is 0 Å². The molecule has 1 aliphatic rings. The summed E-state index contributed by atoms with van der Waals surface area (Å²) < 4.78 is 2.48. The third-order valence-corrected chi connectivity index (χ3v) is 5.21. The number of nitrogens with zero attached hydrogens (tertiary/aromatic N) is 1. The first-order valence-electron chi connectivity index (χ1n) is 8.78. The Kier molecular flexibility index (Phi) is 3.99. The molecule has 0 spiro atoms. The van der Waals surface area contributed by atoms with E-state index in [2.05, 4.69) is 78.3 Å². The first-order valence-corrected chi connectivity index (χ1v) is 8.78. The van der Waals surface area contributed by atoms with Gasteiger partial charge in [-0.25, -0.2) is 0 Å². The summed E-state index contributed by atoms with van der Waals surface area (Å²) in [5.74, 6) is 0. The minimum absolute atomic E-state index is 0.935. The monoisotopic (exact) mass is 316 g/mol. The predicted molar refractivity (Wildman–Crippen MR) is 102 cm³/mol. The molecule has 0 unspecified atom stereocenters. The van der Waals surface area contributed by atoms with Crippen LogP contribution in [0.1, 0.15) is 28.8 Å². The average Bonchev–Trinajstić information content (AvgIpc) is 2.90. The maximum absolute atomic E-state index is 3.42. The highest BCUT2D eigenvalue weighted by Crippen LogP contribution is 2.34. The fourth-order valence-electron chi connectivity index (χ4n) is 3.85. The summed E-state index contributed by atoms with van der Waals surface area (Å²) in [5.41, 5.74) is 8.41. The zero-order valence-electron chi connectivity index (χ0n) is 14.5. The van der Waals surface area contributed by atoms with Gasteiger partial charge in [0.15, 0.2) is 0 Å². The summed E-state index contributed by atoms with van der Waals surface area (Å²) in [7, 11) is 0. The Labute approximate surface area is 143 Å². The summed E-state index contributed by atoms with van der Waals surface area (Å²) in [6.45, 7) is 7.46. The fourth-order valence-corrected chi connectivity index (χ4v) is 3.85. The topological polar surface area (TPSA) is 17.0 Å². The molecule has 0 aliphatic carbocycles. The fraction of sp³-hybridized carbons (Fsp3) is 0.273. The summed E-state index contributed by atoms with van der Waals surface area (Å²) in [6.07, 6.45) is 3.47. The maximum Gasteiger partial charge on any atom is 0.0491 e. The predicted octanol–water partition coefficient (Wildman–Crippen LogP) is 4.68. The highest BCUT2D eigenvalue weighted by Gasteiger charge is 2.18. The average molecular weight is 316 g/mol. The number of aromatic nitrogens is 1. The van der Waals surface area contributed by atoms with E-state index in [0.29, 0.717) is 0 Å². The minimum atomic E-state index is 0.935. The molecule has 0 amide bonds. The second-order valence-electron chi connectivity index (χ2n) is 6.67. The van der Waals surface area contributed by atoms with Crippen LogP contribution in [0.2, 0.25) is 0 Å². The Morgan fingerprint density at radius 1 is 1.00 bits per heavy atom. The molecular formula is C22H24N2. The smallest absolute Gasteiger partial charge is 0.0491 e. The van der Waals surface area contributed by atoms with Crippen LogP contribution in [-0.4, -0.2) is 17.7 Å². The van der Waals surface area contributed by atoms with Crippen LogP contribution in [0, 0.1) is 13.8 Å². The normalized spacial score (nSPS) is 14.8. The molecule has 0 fully saturated rings. The maximum atomic E-state index is 3.42. The number of benzene rings is 2. The van der Waals surface area contributed by atoms with Gasteiger partial charge in [-0.1, -0.05) is 48.5 Å². The Bertz CT molecular complexity index is 915. The van der Waals surface area contributed by atoms with Gasteiger partial charge in [0.2, 0.25) is 0 Å². The SMILES string of the molecule is Cc1ccccc1Cn1c(C)c(C2=CCNCC2)c2ccccc21. The molecule has 1 aromatic heterocycles. The first kappa shape index (κ1) is 15.2. The third kappa shape index (κ3) is 2.57. The summed E-state index contributed by atoms with van der Waals surface area (Å²) in [4.78, 5) is 0. The molecule has 0 bridgehead atoms. The third-order valence-electron chi connectivity index (χ3n) is 5.21. The van der Waals surface area contributed by atoms with Crippen LogP contribution in [-0.2, 0) is 6.54 Å². The van der Waals surface area contributed by atoms with Gasteiger partial charge in [-0.2, -0.15) is 0 Å². The van der Waals surface area contributed by atoms with Crippen molar-refractivity contribution in [3.8, 4) is 0 Å². The number of para-hydroxylation sites is 1.